The number of aromatic nitrogens is 2. The van der Waals surface area contributed by atoms with Crippen LogP contribution in [0.25, 0.3) is 33.2 Å². The van der Waals surface area contributed by atoms with Crippen molar-refractivity contribution in [2.45, 2.75) is 19.8 Å². The molecule has 178 valence electrons. The van der Waals surface area contributed by atoms with Crippen molar-refractivity contribution in [2.24, 2.45) is 0 Å². The molecule has 0 radical (unpaired) electrons. The van der Waals surface area contributed by atoms with E-state index >= 15 is 0 Å². The highest BCUT2D eigenvalue weighted by atomic mass is 17.2. The summed E-state index contributed by atoms with van der Waals surface area (Å²) in [7, 11) is 1.40. The number of benzene rings is 2. The molecular weight excluding hydrogens is 442 g/mol. The van der Waals surface area contributed by atoms with Gasteiger partial charge in [-0.1, -0.05) is 18.2 Å². The highest BCUT2D eigenvalue weighted by Gasteiger charge is 2.21. The number of rotatable bonds is 5. The van der Waals surface area contributed by atoms with Gasteiger partial charge in [0, 0.05) is 41.4 Å². The summed E-state index contributed by atoms with van der Waals surface area (Å²) in [5.41, 5.74) is 18.7. The second kappa shape index (κ2) is 9.23. The number of likely N-dealkylation sites (tertiary alicyclic amines) is 1. The Hall–Kier alpha value is -4.17. The number of hydrogen-bond donors (Lipinski definition) is 2. The summed E-state index contributed by atoms with van der Waals surface area (Å²) >= 11 is 0. The number of pyridine rings is 2. The second-order valence-electron chi connectivity index (χ2n) is 8.73. The number of aryl methyl sites for hydroxylation is 1. The van der Waals surface area contributed by atoms with Crippen molar-refractivity contribution < 1.29 is 14.6 Å². The van der Waals surface area contributed by atoms with Crippen molar-refractivity contribution in [1.82, 2.24) is 14.9 Å². The highest BCUT2D eigenvalue weighted by Crippen LogP contribution is 2.33. The molecule has 4 aromatic rings. The number of nitrogens with two attached hydrogens (primary N) is 2. The third kappa shape index (κ3) is 4.36. The molecule has 0 unspecified atom stereocenters. The highest BCUT2D eigenvalue weighted by molar-refractivity contribution is 5.97. The minimum Gasteiger partial charge on any atom is -0.394 e. The molecule has 3 heterocycles. The van der Waals surface area contributed by atoms with Crippen LogP contribution in [0.4, 0.5) is 11.5 Å². The third-order valence-electron chi connectivity index (χ3n) is 6.38. The van der Waals surface area contributed by atoms with E-state index in [1.807, 2.05) is 54.3 Å². The molecule has 0 atom stereocenters. The maximum Gasteiger partial charge on any atom is 0.279 e. The molecule has 0 aliphatic carbocycles. The third-order valence-corrected chi connectivity index (χ3v) is 6.38. The molecule has 2 aromatic heterocycles. The molecule has 35 heavy (non-hydrogen) atoms. The van der Waals surface area contributed by atoms with Crippen LogP contribution in [0.1, 0.15) is 28.8 Å². The van der Waals surface area contributed by atoms with E-state index in [0.717, 1.165) is 70.2 Å². The Kier molecular flexibility index (Phi) is 5.96. The van der Waals surface area contributed by atoms with Crippen LogP contribution in [-0.4, -0.2) is 41.0 Å². The molecule has 0 saturated carbocycles. The van der Waals surface area contributed by atoms with E-state index in [2.05, 4.69) is 14.9 Å². The van der Waals surface area contributed by atoms with Crippen LogP contribution in [-0.2, 0) is 4.89 Å². The van der Waals surface area contributed by atoms with Gasteiger partial charge in [-0.15, -0.1) is 0 Å². The largest absolute Gasteiger partial charge is 0.394 e. The van der Waals surface area contributed by atoms with Crippen molar-refractivity contribution >= 4 is 28.3 Å². The standard InChI is InChI=1S/C27H27N5O3/c1-16-11-18(5-7-21(16)27(33)32-9-3-4-10-32)22-13-19-12-17(6-8-24(19)31-25(22)29)20-14-23(28)26(30-15-20)35-34-2/h5-8,11-15H,3-4,9-10,28H2,1-2H3,(H2,29,31). The molecule has 5 rings (SSSR count). The molecule has 0 bridgehead atoms. The summed E-state index contributed by atoms with van der Waals surface area (Å²) in [6, 6.07) is 15.5. The van der Waals surface area contributed by atoms with Crippen molar-refractivity contribution in [3.05, 3.63) is 65.9 Å². The minimum absolute atomic E-state index is 0.0931. The predicted molar refractivity (Wildman–Crippen MR) is 137 cm³/mol. The Morgan fingerprint density at radius 2 is 1.74 bits per heavy atom. The van der Waals surface area contributed by atoms with E-state index in [9.17, 15) is 4.79 Å². The maximum atomic E-state index is 12.9. The summed E-state index contributed by atoms with van der Waals surface area (Å²) in [6.07, 6.45) is 3.81. The molecule has 1 saturated heterocycles. The molecule has 2 aromatic carbocycles. The second-order valence-corrected chi connectivity index (χ2v) is 8.73. The van der Waals surface area contributed by atoms with E-state index in [1.54, 1.807) is 12.3 Å². The lowest BCUT2D eigenvalue weighted by Crippen LogP contribution is -2.28. The van der Waals surface area contributed by atoms with Crippen molar-refractivity contribution in [2.75, 3.05) is 31.7 Å². The number of carbonyl (C=O) groups is 1. The van der Waals surface area contributed by atoms with Gasteiger partial charge in [-0.3, -0.25) is 4.79 Å². The number of carbonyl (C=O) groups excluding carboxylic acids is 1. The van der Waals surface area contributed by atoms with E-state index in [1.165, 1.54) is 7.11 Å². The lowest BCUT2D eigenvalue weighted by atomic mass is 9.97. The monoisotopic (exact) mass is 469 g/mol. The Morgan fingerprint density at radius 3 is 2.46 bits per heavy atom. The Bertz CT molecular complexity index is 1430. The van der Waals surface area contributed by atoms with Crippen molar-refractivity contribution in [1.29, 1.82) is 0 Å². The summed E-state index contributed by atoms with van der Waals surface area (Å²) < 4.78 is 0. The molecule has 4 N–H and O–H groups in total. The zero-order valence-electron chi connectivity index (χ0n) is 19.7. The lowest BCUT2D eigenvalue weighted by molar-refractivity contribution is -0.180. The van der Waals surface area contributed by atoms with Gasteiger partial charge in [0.2, 0.25) is 0 Å². The normalized spacial score (nSPS) is 13.4. The van der Waals surface area contributed by atoms with Crippen LogP contribution < -0.4 is 16.4 Å². The molecule has 0 spiro atoms. The van der Waals surface area contributed by atoms with Gasteiger partial charge in [-0.2, -0.15) is 4.89 Å². The average molecular weight is 470 g/mol. The van der Waals surface area contributed by atoms with Gasteiger partial charge in [0.05, 0.1) is 18.3 Å². The van der Waals surface area contributed by atoms with Crippen LogP contribution in [0, 0.1) is 6.92 Å². The average Bonchev–Trinajstić information content (AvgIpc) is 3.39. The van der Waals surface area contributed by atoms with Gasteiger partial charge >= 0.3 is 0 Å². The Labute approximate surface area is 203 Å². The maximum absolute atomic E-state index is 12.9. The first-order valence-corrected chi connectivity index (χ1v) is 11.5. The summed E-state index contributed by atoms with van der Waals surface area (Å²) in [5, 5.41) is 0.928. The fourth-order valence-corrected chi connectivity index (χ4v) is 4.54. The van der Waals surface area contributed by atoms with Gasteiger partial charge in [0.1, 0.15) is 5.82 Å². The molecular formula is C27H27N5O3. The molecule has 8 nitrogen and oxygen atoms in total. The first-order valence-electron chi connectivity index (χ1n) is 11.5. The number of fused-ring (bicyclic) bond motifs is 1. The number of amides is 1. The Morgan fingerprint density at radius 1 is 0.971 bits per heavy atom. The number of anilines is 2. The van der Waals surface area contributed by atoms with Crippen LogP contribution in [0.2, 0.25) is 0 Å². The van der Waals surface area contributed by atoms with Gasteiger partial charge in [-0.25, -0.2) is 9.97 Å². The van der Waals surface area contributed by atoms with Gasteiger partial charge in [0.15, 0.2) is 0 Å². The number of nitrogens with zero attached hydrogens (tertiary/aromatic N) is 3. The van der Waals surface area contributed by atoms with E-state index in [4.69, 9.17) is 16.4 Å². The van der Waals surface area contributed by atoms with Crippen LogP contribution in [0.15, 0.2) is 54.7 Å². The van der Waals surface area contributed by atoms with Crippen LogP contribution in [0.5, 0.6) is 5.88 Å². The molecule has 1 fully saturated rings. The van der Waals surface area contributed by atoms with E-state index < -0.39 is 0 Å². The minimum atomic E-state index is 0.0931. The van der Waals surface area contributed by atoms with Crippen molar-refractivity contribution in [3.8, 4) is 28.1 Å². The van der Waals surface area contributed by atoms with Gasteiger partial charge < -0.3 is 21.3 Å². The van der Waals surface area contributed by atoms with E-state index in [0.29, 0.717) is 11.5 Å². The topological polar surface area (TPSA) is 117 Å². The SMILES string of the molecule is COOc1ncc(-c2ccc3nc(N)c(-c4ccc(C(=O)N5CCCC5)c(C)c4)cc3c2)cc1N. The van der Waals surface area contributed by atoms with Gasteiger partial charge in [0.25, 0.3) is 11.8 Å². The lowest BCUT2D eigenvalue weighted by Gasteiger charge is -2.17. The first kappa shape index (κ1) is 22.6. The zero-order valence-corrected chi connectivity index (χ0v) is 19.7. The fourth-order valence-electron chi connectivity index (χ4n) is 4.54. The fraction of sp³-hybridized carbons (Fsp3) is 0.222. The summed E-state index contributed by atoms with van der Waals surface area (Å²) in [5.74, 6) is 0.752. The number of hydrogen-bond acceptors (Lipinski definition) is 7. The molecule has 8 heteroatoms. The quantitative estimate of drug-likeness (QED) is 0.324. The molecule has 1 aliphatic heterocycles. The predicted octanol–water partition coefficient (Wildman–Crippen LogP) is 4.61. The summed E-state index contributed by atoms with van der Waals surface area (Å²) in [6.45, 7) is 3.62. The van der Waals surface area contributed by atoms with E-state index in [-0.39, 0.29) is 11.8 Å². The van der Waals surface area contributed by atoms with Gasteiger partial charge in [-0.05, 0) is 66.8 Å². The smallest absolute Gasteiger partial charge is 0.279 e. The molecule has 1 amide bonds. The van der Waals surface area contributed by atoms with Crippen molar-refractivity contribution in [3.63, 3.8) is 0 Å². The Balaban J connectivity index is 1.50. The molecule has 1 aliphatic rings. The van der Waals surface area contributed by atoms with Crippen LogP contribution in [0.3, 0.4) is 0 Å². The number of nitrogen functional groups attached to an aromatic ring is 2. The first-order chi connectivity index (χ1) is 16.9. The summed E-state index contributed by atoms with van der Waals surface area (Å²) in [4.78, 5) is 33.2. The zero-order chi connectivity index (χ0) is 24.5. The van der Waals surface area contributed by atoms with Crippen LogP contribution >= 0.6 is 0 Å².